The van der Waals surface area contributed by atoms with Crippen molar-refractivity contribution < 1.29 is 9.59 Å². The molecule has 0 aromatic heterocycles. The third kappa shape index (κ3) is 3.79. The molecular weight excluding hydrogens is 320 g/mol. The molecule has 0 atom stereocenters. The fraction of sp³-hybridized carbons (Fsp3) is 0.263. The van der Waals surface area contributed by atoms with Crippen molar-refractivity contribution in [3.63, 3.8) is 0 Å². The molecular formula is C19H20N2O2S. The topological polar surface area (TPSA) is 49.4 Å². The van der Waals surface area contributed by atoms with Gasteiger partial charge in [0.1, 0.15) is 0 Å². The van der Waals surface area contributed by atoms with E-state index in [0.29, 0.717) is 12.0 Å². The van der Waals surface area contributed by atoms with Crippen LogP contribution in [0.25, 0.3) is 0 Å². The Labute approximate surface area is 146 Å². The predicted octanol–water partition coefficient (Wildman–Crippen LogP) is 4.18. The maximum absolute atomic E-state index is 12.4. The third-order valence-corrected chi connectivity index (χ3v) is 4.82. The van der Waals surface area contributed by atoms with Crippen LogP contribution in [0.4, 0.5) is 11.4 Å². The highest BCUT2D eigenvalue weighted by Crippen LogP contribution is 2.22. The first kappa shape index (κ1) is 16.6. The minimum Gasteiger partial charge on any atom is -0.322 e. The Bertz CT molecular complexity index is 743. The minimum atomic E-state index is -0.148. The van der Waals surface area contributed by atoms with Crippen LogP contribution in [-0.4, -0.2) is 24.6 Å². The van der Waals surface area contributed by atoms with Crippen LogP contribution in [0, 0.1) is 0 Å². The summed E-state index contributed by atoms with van der Waals surface area (Å²) >= 11 is 1.64. The van der Waals surface area contributed by atoms with Gasteiger partial charge in [0.2, 0.25) is 5.91 Å². The van der Waals surface area contributed by atoms with Crippen LogP contribution in [0.15, 0.2) is 53.4 Å². The number of amides is 2. The molecule has 124 valence electrons. The molecule has 2 aromatic carbocycles. The van der Waals surface area contributed by atoms with Crippen LogP contribution in [0.2, 0.25) is 0 Å². The van der Waals surface area contributed by atoms with Crippen molar-refractivity contribution in [2.24, 2.45) is 0 Å². The Balaban J connectivity index is 1.70. The fourth-order valence-electron chi connectivity index (χ4n) is 2.78. The van der Waals surface area contributed by atoms with Crippen molar-refractivity contribution in [2.45, 2.75) is 24.2 Å². The zero-order valence-electron chi connectivity index (χ0n) is 13.6. The van der Waals surface area contributed by atoms with E-state index < -0.39 is 0 Å². The highest BCUT2D eigenvalue weighted by atomic mass is 32.2. The number of benzene rings is 2. The standard InChI is InChI=1S/C19H20N2O2S/c1-24-17-6-4-5-15(13-17)20-19(23)14-8-10-16(11-9-14)21-12-3-2-7-18(21)22/h4-6,8-11,13H,2-3,7,12H2,1H3,(H,20,23). The summed E-state index contributed by atoms with van der Waals surface area (Å²) in [7, 11) is 0. The summed E-state index contributed by atoms with van der Waals surface area (Å²) in [6, 6.07) is 15.0. The number of nitrogens with one attached hydrogen (secondary N) is 1. The molecule has 2 aromatic rings. The van der Waals surface area contributed by atoms with E-state index >= 15 is 0 Å². The quantitative estimate of drug-likeness (QED) is 0.850. The van der Waals surface area contributed by atoms with Crippen LogP contribution in [0.1, 0.15) is 29.6 Å². The number of carbonyl (C=O) groups excluding carboxylic acids is 2. The van der Waals surface area contributed by atoms with Gasteiger partial charge in [0.25, 0.3) is 5.91 Å². The summed E-state index contributed by atoms with van der Waals surface area (Å²) in [4.78, 5) is 27.2. The first-order valence-electron chi connectivity index (χ1n) is 8.03. The molecule has 0 bridgehead atoms. The smallest absolute Gasteiger partial charge is 0.255 e. The fourth-order valence-corrected chi connectivity index (χ4v) is 3.24. The molecule has 2 amide bonds. The van der Waals surface area contributed by atoms with Gasteiger partial charge in [-0.1, -0.05) is 6.07 Å². The molecule has 1 saturated heterocycles. The maximum atomic E-state index is 12.4. The van der Waals surface area contributed by atoms with Gasteiger partial charge in [-0.3, -0.25) is 9.59 Å². The SMILES string of the molecule is CSc1cccc(NC(=O)c2ccc(N3CCCCC3=O)cc2)c1. The van der Waals surface area contributed by atoms with Gasteiger partial charge in [0.05, 0.1) is 0 Å². The molecule has 0 unspecified atom stereocenters. The Morgan fingerprint density at radius 1 is 1.12 bits per heavy atom. The normalized spacial score (nSPS) is 14.5. The molecule has 1 N–H and O–H groups in total. The first-order chi connectivity index (χ1) is 11.7. The van der Waals surface area contributed by atoms with Crippen LogP contribution < -0.4 is 10.2 Å². The lowest BCUT2D eigenvalue weighted by molar-refractivity contribution is -0.119. The molecule has 4 nitrogen and oxygen atoms in total. The molecule has 24 heavy (non-hydrogen) atoms. The van der Waals surface area contributed by atoms with E-state index in [0.717, 1.165) is 35.7 Å². The number of anilines is 2. The lowest BCUT2D eigenvalue weighted by atomic mass is 10.1. The number of hydrogen-bond donors (Lipinski definition) is 1. The second kappa shape index (κ2) is 7.53. The van der Waals surface area contributed by atoms with Crippen molar-refractivity contribution in [3.05, 3.63) is 54.1 Å². The van der Waals surface area contributed by atoms with E-state index in [1.54, 1.807) is 28.8 Å². The molecule has 0 spiro atoms. The number of carbonyl (C=O) groups is 2. The lowest BCUT2D eigenvalue weighted by Gasteiger charge is -2.26. The molecule has 1 aliphatic heterocycles. The summed E-state index contributed by atoms with van der Waals surface area (Å²) in [6.07, 6.45) is 4.60. The highest BCUT2D eigenvalue weighted by molar-refractivity contribution is 7.98. The summed E-state index contributed by atoms with van der Waals surface area (Å²) in [5.41, 5.74) is 2.22. The monoisotopic (exact) mass is 340 g/mol. The lowest BCUT2D eigenvalue weighted by Crippen LogP contribution is -2.35. The van der Waals surface area contributed by atoms with Crippen molar-refractivity contribution in [2.75, 3.05) is 23.0 Å². The van der Waals surface area contributed by atoms with Crippen molar-refractivity contribution in [1.29, 1.82) is 0 Å². The summed E-state index contributed by atoms with van der Waals surface area (Å²) in [5.74, 6) is 0.0112. The zero-order valence-corrected chi connectivity index (χ0v) is 14.4. The summed E-state index contributed by atoms with van der Waals surface area (Å²) < 4.78 is 0. The van der Waals surface area contributed by atoms with Gasteiger partial charge in [0, 0.05) is 34.8 Å². The van der Waals surface area contributed by atoms with Crippen LogP contribution >= 0.6 is 11.8 Å². The van der Waals surface area contributed by atoms with Gasteiger partial charge in [-0.05, 0) is 61.6 Å². The average Bonchev–Trinajstić information content (AvgIpc) is 2.62. The Hall–Kier alpha value is -2.27. The molecule has 1 heterocycles. The van der Waals surface area contributed by atoms with Crippen molar-refractivity contribution in [3.8, 4) is 0 Å². The van der Waals surface area contributed by atoms with Crippen LogP contribution in [-0.2, 0) is 4.79 Å². The number of thioether (sulfide) groups is 1. The van der Waals surface area contributed by atoms with E-state index in [9.17, 15) is 9.59 Å². The summed E-state index contributed by atoms with van der Waals surface area (Å²) in [5, 5.41) is 2.91. The second-order valence-corrected chi connectivity index (χ2v) is 6.62. The molecule has 0 aliphatic carbocycles. The number of piperidine rings is 1. The van der Waals surface area contributed by atoms with Gasteiger partial charge >= 0.3 is 0 Å². The Morgan fingerprint density at radius 3 is 2.62 bits per heavy atom. The Kier molecular flexibility index (Phi) is 5.20. The van der Waals surface area contributed by atoms with Gasteiger partial charge < -0.3 is 10.2 Å². The first-order valence-corrected chi connectivity index (χ1v) is 9.26. The van der Waals surface area contributed by atoms with Crippen molar-refractivity contribution in [1.82, 2.24) is 0 Å². The third-order valence-electron chi connectivity index (χ3n) is 4.09. The molecule has 5 heteroatoms. The van der Waals surface area contributed by atoms with Gasteiger partial charge in [-0.25, -0.2) is 0 Å². The number of rotatable bonds is 4. The van der Waals surface area contributed by atoms with E-state index in [1.807, 2.05) is 42.7 Å². The molecule has 1 fully saturated rings. The second-order valence-electron chi connectivity index (χ2n) is 5.74. The minimum absolute atomic E-state index is 0.148. The van der Waals surface area contributed by atoms with Crippen molar-refractivity contribution >= 4 is 35.0 Å². The van der Waals surface area contributed by atoms with Gasteiger partial charge in [0.15, 0.2) is 0 Å². The highest BCUT2D eigenvalue weighted by Gasteiger charge is 2.19. The average molecular weight is 340 g/mol. The van der Waals surface area contributed by atoms with E-state index in [4.69, 9.17) is 0 Å². The summed E-state index contributed by atoms with van der Waals surface area (Å²) in [6.45, 7) is 0.756. The van der Waals surface area contributed by atoms with Gasteiger partial charge in [-0.2, -0.15) is 0 Å². The van der Waals surface area contributed by atoms with E-state index in [-0.39, 0.29) is 11.8 Å². The van der Waals surface area contributed by atoms with Crippen LogP contribution in [0.3, 0.4) is 0 Å². The van der Waals surface area contributed by atoms with E-state index in [1.165, 1.54) is 0 Å². The molecule has 0 saturated carbocycles. The van der Waals surface area contributed by atoms with Crippen LogP contribution in [0.5, 0.6) is 0 Å². The number of nitrogens with zero attached hydrogens (tertiary/aromatic N) is 1. The maximum Gasteiger partial charge on any atom is 0.255 e. The zero-order chi connectivity index (χ0) is 16.9. The molecule has 1 aliphatic rings. The Morgan fingerprint density at radius 2 is 1.92 bits per heavy atom. The van der Waals surface area contributed by atoms with Gasteiger partial charge in [-0.15, -0.1) is 11.8 Å². The predicted molar refractivity (Wildman–Crippen MR) is 98.8 cm³/mol. The number of hydrogen-bond acceptors (Lipinski definition) is 3. The molecule has 3 rings (SSSR count). The molecule has 0 radical (unpaired) electrons. The van der Waals surface area contributed by atoms with E-state index in [2.05, 4.69) is 5.32 Å². The largest absolute Gasteiger partial charge is 0.322 e.